The van der Waals surface area contributed by atoms with Gasteiger partial charge in [-0.2, -0.15) is 0 Å². The molecule has 2 unspecified atom stereocenters. The molecule has 19 heavy (non-hydrogen) atoms. The minimum atomic E-state index is 0.367. The van der Waals surface area contributed by atoms with Gasteiger partial charge in [0.1, 0.15) is 0 Å². The SMILES string of the molecule is CC(NC(C)c1ccccc1)c1ccccc1.[Cl][Pt]. The molecular formula is C16H19ClNPt. The fourth-order valence-corrected chi connectivity index (χ4v) is 2.05. The van der Waals surface area contributed by atoms with E-state index >= 15 is 0 Å². The van der Waals surface area contributed by atoms with Crippen molar-refractivity contribution in [3.05, 3.63) is 71.8 Å². The molecule has 2 aromatic rings. The fourth-order valence-electron chi connectivity index (χ4n) is 2.05. The number of benzene rings is 2. The van der Waals surface area contributed by atoms with Crippen LogP contribution in [0.15, 0.2) is 60.7 Å². The van der Waals surface area contributed by atoms with Crippen LogP contribution in [0.5, 0.6) is 0 Å². The van der Waals surface area contributed by atoms with Crippen molar-refractivity contribution >= 4 is 9.42 Å². The fraction of sp³-hybridized carbons (Fsp3) is 0.250. The van der Waals surface area contributed by atoms with Gasteiger partial charge in [0.2, 0.25) is 0 Å². The maximum absolute atomic E-state index is 4.61. The van der Waals surface area contributed by atoms with Crippen molar-refractivity contribution in [2.75, 3.05) is 0 Å². The van der Waals surface area contributed by atoms with Crippen LogP contribution in [-0.2, 0) is 18.8 Å². The summed E-state index contributed by atoms with van der Waals surface area (Å²) in [6.07, 6.45) is 0. The molecule has 3 heteroatoms. The van der Waals surface area contributed by atoms with E-state index in [2.05, 4.69) is 89.2 Å². The normalized spacial score (nSPS) is 13.1. The van der Waals surface area contributed by atoms with Crippen LogP contribution < -0.4 is 5.32 Å². The van der Waals surface area contributed by atoms with Gasteiger partial charge in [-0.05, 0) is 25.0 Å². The summed E-state index contributed by atoms with van der Waals surface area (Å²) >= 11 is 1.61. The van der Waals surface area contributed by atoms with E-state index in [4.69, 9.17) is 0 Å². The van der Waals surface area contributed by atoms with Gasteiger partial charge < -0.3 is 5.32 Å². The summed E-state index contributed by atoms with van der Waals surface area (Å²) in [4.78, 5) is 0. The van der Waals surface area contributed by atoms with Gasteiger partial charge in [-0.3, -0.25) is 0 Å². The molecule has 0 bridgehead atoms. The third-order valence-corrected chi connectivity index (χ3v) is 3.10. The molecule has 105 valence electrons. The van der Waals surface area contributed by atoms with Gasteiger partial charge in [-0.25, -0.2) is 0 Å². The molecule has 0 spiro atoms. The van der Waals surface area contributed by atoms with Crippen LogP contribution in [0.4, 0.5) is 0 Å². The molecule has 1 N–H and O–H groups in total. The Morgan fingerprint density at radius 3 is 1.37 bits per heavy atom. The summed E-state index contributed by atoms with van der Waals surface area (Å²) in [5, 5.41) is 3.61. The topological polar surface area (TPSA) is 12.0 Å². The van der Waals surface area contributed by atoms with Crippen LogP contribution in [0, 0.1) is 0 Å². The summed E-state index contributed by atoms with van der Waals surface area (Å²) in [7, 11) is 4.61. The average Bonchev–Trinajstić information content (AvgIpc) is 2.51. The minimum absolute atomic E-state index is 0.367. The van der Waals surface area contributed by atoms with Crippen molar-refractivity contribution < 1.29 is 18.8 Å². The Bertz CT molecular complexity index is 403. The number of hydrogen-bond acceptors (Lipinski definition) is 1. The number of halogens is 1. The van der Waals surface area contributed by atoms with Crippen molar-refractivity contribution in [1.82, 2.24) is 5.32 Å². The van der Waals surface area contributed by atoms with E-state index < -0.39 is 0 Å². The molecule has 0 radical (unpaired) electrons. The van der Waals surface area contributed by atoms with Crippen molar-refractivity contribution in [3.63, 3.8) is 0 Å². The number of nitrogens with one attached hydrogen (secondary N) is 1. The molecule has 2 rings (SSSR count). The Balaban J connectivity index is 0.000000861. The first kappa shape index (κ1) is 16.4. The Labute approximate surface area is 131 Å². The predicted molar refractivity (Wildman–Crippen MR) is 78.7 cm³/mol. The third-order valence-electron chi connectivity index (χ3n) is 3.10. The summed E-state index contributed by atoms with van der Waals surface area (Å²) in [5.74, 6) is 0. The van der Waals surface area contributed by atoms with Gasteiger partial charge in [-0.1, -0.05) is 60.7 Å². The Morgan fingerprint density at radius 1 is 0.737 bits per heavy atom. The molecule has 1 nitrogen and oxygen atoms in total. The molecular weight excluding hydrogens is 437 g/mol. The molecule has 0 amide bonds. The third kappa shape index (κ3) is 5.48. The Hall–Kier alpha value is -0.622. The van der Waals surface area contributed by atoms with E-state index in [0.717, 1.165) is 0 Å². The van der Waals surface area contributed by atoms with Crippen LogP contribution >= 0.6 is 9.42 Å². The molecule has 0 heterocycles. The van der Waals surface area contributed by atoms with Crippen LogP contribution in [0.25, 0.3) is 0 Å². The molecule has 0 saturated heterocycles. The summed E-state index contributed by atoms with van der Waals surface area (Å²) < 4.78 is 0. The quantitative estimate of drug-likeness (QED) is 0.699. The van der Waals surface area contributed by atoms with E-state index in [0.29, 0.717) is 12.1 Å². The van der Waals surface area contributed by atoms with Crippen molar-refractivity contribution in [3.8, 4) is 0 Å². The molecule has 0 aromatic heterocycles. The molecule has 2 aromatic carbocycles. The van der Waals surface area contributed by atoms with Crippen molar-refractivity contribution in [1.29, 1.82) is 0 Å². The standard InChI is InChI=1S/C16H19N.ClH.Pt/c1-13(15-9-5-3-6-10-15)17-14(2)16-11-7-4-8-12-16;;/h3-14,17H,1-2H3;1H;/q;;+1/p-1. The van der Waals surface area contributed by atoms with Gasteiger partial charge in [0, 0.05) is 12.1 Å². The number of rotatable bonds is 4. The van der Waals surface area contributed by atoms with Crippen LogP contribution in [0.1, 0.15) is 37.1 Å². The van der Waals surface area contributed by atoms with Gasteiger partial charge in [0.15, 0.2) is 0 Å². The van der Waals surface area contributed by atoms with Gasteiger partial charge in [0.25, 0.3) is 0 Å². The van der Waals surface area contributed by atoms with Crippen molar-refractivity contribution in [2.24, 2.45) is 0 Å². The van der Waals surface area contributed by atoms with E-state index in [-0.39, 0.29) is 0 Å². The molecule has 0 fully saturated rings. The Kier molecular flexibility index (Phi) is 8.05. The second-order valence-corrected chi connectivity index (χ2v) is 4.43. The molecule has 0 aliphatic heterocycles. The van der Waals surface area contributed by atoms with Crippen LogP contribution in [0.2, 0.25) is 0 Å². The zero-order chi connectivity index (χ0) is 14.1. The maximum atomic E-state index is 4.61. The second kappa shape index (κ2) is 9.31. The van der Waals surface area contributed by atoms with E-state index in [1.807, 2.05) is 0 Å². The monoisotopic (exact) mass is 455 g/mol. The zero-order valence-electron chi connectivity index (χ0n) is 11.1. The molecule has 0 aliphatic carbocycles. The van der Waals surface area contributed by atoms with Crippen molar-refractivity contribution in [2.45, 2.75) is 25.9 Å². The van der Waals surface area contributed by atoms with Gasteiger partial charge in [0.05, 0.1) is 0 Å². The van der Waals surface area contributed by atoms with E-state index in [9.17, 15) is 0 Å². The molecule has 2 atom stereocenters. The molecule has 0 aliphatic rings. The average molecular weight is 456 g/mol. The van der Waals surface area contributed by atoms with Crippen LogP contribution in [0.3, 0.4) is 0 Å². The van der Waals surface area contributed by atoms with E-state index in [1.54, 1.807) is 18.8 Å². The first-order valence-electron chi connectivity index (χ1n) is 6.25. The van der Waals surface area contributed by atoms with E-state index in [1.165, 1.54) is 11.1 Å². The molecule has 0 saturated carbocycles. The summed E-state index contributed by atoms with van der Waals surface area (Å²) in [6.45, 7) is 4.41. The zero-order valence-corrected chi connectivity index (χ0v) is 14.2. The summed E-state index contributed by atoms with van der Waals surface area (Å²) in [6, 6.07) is 21.8. The first-order chi connectivity index (χ1) is 9.27. The Morgan fingerprint density at radius 2 is 1.05 bits per heavy atom. The van der Waals surface area contributed by atoms with Crippen LogP contribution in [-0.4, -0.2) is 0 Å². The van der Waals surface area contributed by atoms with Gasteiger partial charge in [-0.15, -0.1) is 0 Å². The first-order valence-corrected chi connectivity index (χ1v) is 9.07. The second-order valence-electron chi connectivity index (χ2n) is 4.43. The van der Waals surface area contributed by atoms with Gasteiger partial charge >= 0.3 is 28.2 Å². The number of hydrogen-bond donors (Lipinski definition) is 1. The summed E-state index contributed by atoms with van der Waals surface area (Å²) in [5.41, 5.74) is 2.66. The predicted octanol–water partition coefficient (Wildman–Crippen LogP) is 4.79.